The number of thiazole rings is 1. The molecule has 1 fully saturated rings. The van der Waals surface area contributed by atoms with E-state index in [-0.39, 0.29) is 27.5 Å². The molecule has 1 amide bonds. The van der Waals surface area contributed by atoms with Gasteiger partial charge in [0.15, 0.2) is 10.9 Å². The Kier molecular flexibility index (Phi) is 7.94. The summed E-state index contributed by atoms with van der Waals surface area (Å²) in [7, 11) is 0. The zero-order chi connectivity index (χ0) is 27.1. The number of likely N-dealkylation sites (tertiary alicyclic amines) is 1. The summed E-state index contributed by atoms with van der Waals surface area (Å²) in [5.41, 5.74) is 3.72. The first kappa shape index (κ1) is 27.9. The smallest absolute Gasteiger partial charge is 0.274 e. The van der Waals surface area contributed by atoms with Crippen LogP contribution in [0.3, 0.4) is 0 Å². The molecule has 0 atom stereocenters. The lowest BCUT2D eigenvalue weighted by atomic mass is 9.78. The summed E-state index contributed by atoms with van der Waals surface area (Å²) in [6.07, 6.45) is 5.05. The minimum absolute atomic E-state index is 0.144. The fourth-order valence-corrected chi connectivity index (χ4v) is 6.13. The summed E-state index contributed by atoms with van der Waals surface area (Å²) in [6, 6.07) is 4.16. The highest BCUT2D eigenvalue weighted by atomic mass is 35.5. The number of hydrogen-bond donors (Lipinski definition) is 1. The van der Waals surface area contributed by atoms with Gasteiger partial charge in [-0.1, -0.05) is 64.9 Å². The van der Waals surface area contributed by atoms with Crippen molar-refractivity contribution in [3.8, 4) is 17.0 Å². The van der Waals surface area contributed by atoms with Gasteiger partial charge in [-0.3, -0.25) is 4.79 Å². The molecule has 2 aromatic heterocycles. The Balaban J connectivity index is 1.53. The number of benzene rings is 1. The number of phenolic OH excluding ortho intramolecular Hbond substituents is 1. The van der Waals surface area contributed by atoms with E-state index in [1.165, 1.54) is 18.0 Å². The van der Waals surface area contributed by atoms with E-state index in [1.807, 2.05) is 11.2 Å². The highest BCUT2D eigenvalue weighted by Gasteiger charge is 2.30. The highest BCUT2D eigenvalue weighted by Crippen LogP contribution is 2.42. The van der Waals surface area contributed by atoms with E-state index in [1.54, 1.807) is 11.3 Å². The molecule has 6 nitrogen and oxygen atoms in total. The van der Waals surface area contributed by atoms with Gasteiger partial charge in [-0.25, -0.2) is 15.0 Å². The van der Waals surface area contributed by atoms with Gasteiger partial charge in [0.05, 0.1) is 21.9 Å². The first-order chi connectivity index (χ1) is 17.3. The van der Waals surface area contributed by atoms with E-state index < -0.39 is 0 Å². The lowest BCUT2D eigenvalue weighted by molar-refractivity contribution is 0.0706. The number of halogens is 1. The van der Waals surface area contributed by atoms with Gasteiger partial charge >= 0.3 is 0 Å². The quantitative estimate of drug-likeness (QED) is 0.267. The number of phenols is 1. The molecule has 3 heterocycles. The van der Waals surface area contributed by atoms with Crippen molar-refractivity contribution in [1.82, 2.24) is 19.9 Å². The Labute approximate surface area is 232 Å². The minimum Gasteiger partial charge on any atom is -0.507 e. The van der Waals surface area contributed by atoms with Crippen LogP contribution in [-0.2, 0) is 10.8 Å². The average Bonchev–Trinajstić information content (AvgIpc) is 3.33. The third kappa shape index (κ3) is 5.96. The SMILES string of the molecule is CSc1ncc(Cl)c(C(=O)N2CCC(c3nc(-c4cc(C(C)(C)C)c(O)c(C(C)(C)C)c4)cs3)CC2)n1. The van der Waals surface area contributed by atoms with Crippen LogP contribution in [0.1, 0.15) is 86.9 Å². The number of carbonyl (C=O) groups excluding carboxylic acids is 1. The Morgan fingerprint density at radius 1 is 1.08 bits per heavy atom. The molecule has 1 N–H and O–H groups in total. The van der Waals surface area contributed by atoms with Gasteiger partial charge in [-0.15, -0.1) is 11.3 Å². The molecule has 9 heteroatoms. The number of thioether (sulfide) groups is 1. The average molecular weight is 559 g/mol. The van der Waals surface area contributed by atoms with Crippen LogP contribution >= 0.6 is 34.7 Å². The minimum atomic E-state index is -0.193. The first-order valence-corrected chi connectivity index (χ1v) is 15.0. The zero-order valence-electron chi connectivity index (χ0n) is 22.6. The number of amides is 1. The molecule has 0 spiro atoms. The summed E-state index contributed by atoms with van der Waals surface area (Å²) < 4.78 is 0. The van der Waals surface area contributed by atoms with E-state index in [2.05, 4.69) is 69.0 Å². The maximum Gasteiger partial charge on any atom is 0.274 e. The summed E-state index contributed by atoms with van der Waals surface area (Å²) in [6.45, 7) is 14.0. The third-order valence-corrected chi connectivity index (χ3v) is 8.63. The second-order valence-corrected chi connectivity index (χ2v) is 13.7. The normalized spacial score (nSPS) is 15.3. The maximum atomic E-state index is 13.1. The monoisotopic (exact) mass is 558 g/mol. The van der Waals surface area contributed by atoms with E-state index in [4.69, 9.17) is 16.6 Å². The second-order valence-electron chi connectivity index (χ2n) is 11.6. The molecule has 0 bridgehead atoms. The molecule has 0 unspecified atom stereocenters. The van der Waals surface area contributed by atoms with Crippen molar-refractivity contribution in [2.45, 2.75) is 76.3 Å². The van der Waals surface area contributed by atoms with Gasteiger partial charge in [0.2, 0.25) is 0 Å². The molecule has 37 heavy (non-hydrogen) atoms. The Morgan fingerprint density at radius 2 is 1.68 bits per heavy atom. The molecular formula is C28H35ClN4O2S2. The van der Waals surface area contributed by atoms with Gasteiger partial charge in [0.1, 0.15) is 5.75 Å². The topological polar surface area (TPSA) is 79.2 Å². The zero-order valence-corrected chi connectivity index (χ0v) is 24.9. The van der Waals surface area contributed by atoms with Crippen LogP contribution in [0, 0.1) is 0 Å². The van der Waals surface area contributed by atoms with Gasteiger partial charge in [0, 0.05) is 41.1 Å². The molecular weight excluding hydrogens is 524 g/mol. The van der Waals surface area contributed by atoms with Crippen molar-refractivity contribution < 1.29 is 9.90 Å². The van der Waals surface area contributed by atoms with Crippen LogP contribution in [0.2, 0.25) is 5.02 Å². The van der Waals surface area contributed by atoms with Crippen molar-refractivity contribution in [1.29, 1.82) is 0 Å². The number of piperidine rings is 1. The fraction of sp³-hybridized carbons (Fsp3) is 0.500. The van der Waals surface area contributed by atoms with Gasteiger partial charge in [0.25, 0.3) is 5.91 Å². The van der Waals surface area contributed by atoms with Crippen LogP contribution in [0.4, 0.5) is 0 Å². The summed E-state index contributed by atoms with van der Waals surface area (Å²) in [4.78, 5) is 28.4. The Bertz CT molecular complexity index is 1270. The molecule has 1 aliphatic rings. The van der Waals surface area contributed by atoms with Gasteiger partial charge in [-0.2, -0.15) is 0 Å². The van der Waals surface area contributed by atoms with Crippen molar-refractivity contribution in [3.05, 3.63) is 50.6 Å². The molecule has 4 rings (SSSR count). The lowest BCUT2D eigenvalue weighted by Gasteiger charge is -2.31. The lowest BCUT2D eigenvalue weighted by Crippen LogP contribution is -2.38. The van der Waals surface area contributed by atoms with Crippen molar-refractivity contribution in [2.75, 3.05) is 19.3 Å². The van der Waals surface area contributed by atoms with E-state index in [0.717, 1.165) is 40.2 Å². The molecule has 1 aliphatic heterocycles. The second kappa shape index (κ2) is 10.5. The highest BCUT2D eigenvalue weighted by molar-refractivity contribution is 7.98. The van der Waals surface area contributed by atoms with Gasteiger partial charge < -0.3 is 10.0 Å². The van der Waals surface area contributed by atoms with Crippen LogP contribution in [0.15, 0.2) is 28.9 Å². The van der Waals surface area contributed by atoms with E-state index >= 15 is 0 Å². The Hall–Kier alpha value is -2.16. The number of aromatic hydroxyl groups is 1. The molecule has 0 saturated carbocycles. The summed E-state index contributed by atoms with van der Waals surface area (Å²) >= 11 is 9.30. The number of aromatic nitrogens is 3. The maximum absolute atomic E-state index is 13.1. The number of hydrogen-bond acceptors (Lipinski definition) is 7. The summed E-state index contributed by atoms with van der Waals surface area (Å²) in [5.74, 6) is 0.533. The van der Waals surface area contributed by atoms with Crippen molar-refractivity contribution >= 4 is 40.6 Å². The molecule has 0 radical (unpaired) electrons. The number of carbonyl (C=O) groups is 1. The third-order valence-electron chi connectivity index (χ3n) is 6.78. The van der Waals surface area contributed by atoms with Crippen LogP contribution in [0.5, 0.6) is 5.75 Å². The van der Waals surface area contributed by atoms with Crippen LogP contribution in [0.25, 0.3) is 11.3 Å². The summed E-state index contributed by atoms with van der Waals surface area (Å²) in [5, 5.41) is 15.1. The molecule has 3 aromatic rings. The van der Waals surface area contributed by atoms with Crippen LogP contribution < -0.4 is 0 Å². The predicted octanol–water partition coefficient (Wildman–Crippen LogP) is 7.30. The van der Waals surface area contributed by atoms with Gasteiger partial charge in [-0.05, 0) is 42.1 Å². The molecule has 1 saturated heterocycles. The first-order valence-electron chi connectivity index (χ1n) is 12.5. The van der Waals surface area contributed by atoms with E-state index in [9.17, 15) is 9.90 Å². The Morgan fingerprint density at radius 3 is 2.22 bits per heavy atom. The fourth-order valence-electron chi connectivity index (χ4n) is 4.61. The predicted molar refractivity (Wildman–Crippen MR) is 153 cm³/mol. The molecule has 0 aliphatic carbocycles. The van der Waals surface area contributed by atoms with Crippen LogP contribution in [-0.4, -0.2) is 50.2 Å². The van der Waals surface area contributed by atoms with Crippen molar-refractivity contribution in [2.24, 2.45) is 0 Å². The largest absolute Gasteiger partial charge is 0.507 e. The molecule has 198 valence electrons. The number of nitrogens with zero attached hydrogens (tertiary/aromatic N) is 4. The number of rotatable bonds is 4. The molecule has 1 aromatic carbocycles. The van der Waals surface area contributed by atoms with E-state index in [0.29, 0.717) is 29.9 Å². The van der Waals surface area contributed by atoms with Crippen molar-refractivity contribution in [3.63, 3.8) is 0 Å². The standard InChI is InChI=1S/C28H35ClN4O2S2/c1-27(2,3)18-12-17(13-19(23(18)34)28(4,5)6)21-15-37-24(31-21)16-8-10-33(11-9-16)25(35)22-20(29)14-30-26(32-22)36-7/h12-16,34H,8-11H2,1-7H3.